The van der Waals surface area contributed by atoms with Crippen molar-refractivity contribution in [3.63, 3.8) is 0 Å². The molecule has 0 saturated carbocycles. The fourth-order valence-electron chi connectivity index (χ4n) is 2.59. The molecule has 1 heterocycles. The van der Waals surface area contributed by atoms with E-state index in [9.17, 15) is 4.79 Å². The number of carbonyl (C=O) groups is 1. The number of nitrogens with one attached hydrogen (secondary N) is 1. The van der Waals surface area contributed by atoms with Crippen molar-refractivity contribution >= 4 is 38.6 Å². The Labute approximate surface area is 158 Å². The van der Waals surface area contributed by atoms with Gasteiger partial charge < -0.3 is 5.32 Å². The smallest absolute Gasteiger partial charge is 0.255 e. The average Bonchev–Trinajstić information content (AvgIpc) is 3.06. The number of hydrogen-bond donors (Lipinski definition) is 1. The van der Waals surface area contributed by atoms with E-state index in [1.165, 1.54) is 5.56 Å². The predicted molar refractivity (Wildman–Crippen MR) is 106 cm³/mol. The lowest BCUT2D eigenvalue weighted by atomic mass is 10.2. The third-order valence-corrected chi connectivity index (χ3v) is 4.54. The summed E-state index contributed by atoms with van der Waals surface area (Å²) in [6.07, 6.45) is 0. The van der Waals surface area contributed by atoms with Gasteiger partial charge in [0.15, 0.2) is 0 Å². The van der Waals surface area contributed by atoms with Crippen LogP contribution in [0.1, 0.15) is 15.9 Å². The van der Waals surface area contributed by atoms with Crippen LogP contribution in [0.25, 0.3) is 16.7 Å². The Morgan fingerprint density at radius 1 is 0.923 bits per heavy atom. The van der Waals surface area contributed by atoms with Crippen molar-refractivity contribution in [2.45, 2.75) is 6.92 Å². The zero-order chi connectivity index (χ0) is 18.1. The zero-order valence-electron chi connectivity index (χ0n) is 14.0. The summed E-state index contributed by atoms with van der Waals surface area (Å²) in [6, 6.07) is 20.7. The van der Waals surface area contributed by atoms with Crippen molar-refractivity contribution in [3.05, 3.63) is 82.3 Å². The van der Waals surface area contributed by atoms with Gasteiger partial charge in [0.25, 0.3) is 5.91 Å². The molecule has 0 atom stereocenters. The van der Waals surface area contributed by atoms with Crippen LogP contribution < -0.4 is 5.32 Å². The number of rotatable bonds is 3. The number of amides is 1. The van der Waals surface area contributed by atoms with E-state index in [4.69, 9.17) is 0 Å². The van der Waals surface area contributed by atoms with Crippen LogP contribution in [0.3, 0.4) is 0 Å². The molecule has 4 rings (SSSR count). The molecule has 0 aliphatic heterocycles. The summed E-state index contributed by atoms with van der Waals surface area (Å²) >= 11 is 3.36. The number of carbonyl (C=O) groups excluding carboxylic acids is 1. The quantitative estimate of drug-likeness (QED) is 0.534. The molecule has 0 spiro atoms. The standard InChI is InChI=1S/C20H15BrN4O/c1-13-2-9-17(10-3-13)25-23-18-11-8-16(12-19(18)24-25)22-20(26)14-4-6-15(21)7-5-14/h2-12H,1H3,(H,22,26). The van der Waals surface area contributed by atoms with Crippen LogP contribution in [-0.4, -0.2) is 20.9 Å². The first-order valence-electron chi connectivity index (χ1n) is 8.09. The first kappa shape index (κ1) is 16.5. The van der Waals surface area contributed by atoms with Gasteiger partial charge in [0.1, 0.15) is 11.0 Å². The van der Waals surface area contributed by atoms with Crippen LogP contribution in [0.2, 0.25) is 0 Å². The molecule has 1 amide bonds. The molecule has 6 heteroatoms. The van der Waals surface area contributed by atoms with Gasteiger partial charge in [0.2, 0.25) is 0 Å². The lowest BCUT2D eigenvalue weighted by molar-refractivity contribution is 0.102. The minimum Gasteiger partial charge on any atom is -0.322 e. The molecule has 1 N–H and O–H groups in total. The van der Waals surface area contributed by atoms with Crippen molar-refractivity contribution in [2.24, 2.45) is 0 Å². The van der Waals surface area contributed by atoms with E-state index in [1.807, 2.05) is 61.5 Å². The van der Waals surface area contributed by atoms with Gasteiger partial charge in [0, 0.05) is 15.7 Å². The Morgan fingerprint density at radius 3 is 2.35 bits per heavy atom. The summed E-state index contributed by atoms with van der Waals surface area (Å²) in [5.74, 6) is -0.164. The monoisotopic (exact) mass is 406 g/mol. The van der Waals surface area contributed by atoms with Gasteiger partial charge in [-0.25, -0.2) is 0 Å². The molecule has 3 aromatic carbocycles. The van der Waals surface area contributed by atoms with Crippen LogP contribution >= 0.6 is 15.9 Å². The summed E-state index contributed by atoms with van der Waals surface area (Å²) in [5, 5.41) is 11.9. The molecular weight excluding hydrogens is 392 g/mol. The molecular formula is C20H15BrN4O. The molecule has 0 aliphatic carbocycles. The second-order valence-corrected chi connectivity index (χ2v) is 6.91. The number of aryl methyl sites for hydroxylation is 1. The van der Waals surface area contributed by atoms with Crippen LogP contribution in [-0.2, 0) is 0 Å². The maximum absolute atomic E-state index is 12.4. The topological polar surface area (TPSA) is 59.8 Å². The summed E-state index contributed by atoms with van der Waals surface area (Å²) in [6.45, 7) is 2.04. The van der Waals surface area contributed by atoms with Crippen molar-refractivity contribution < 1.29 is 4.79 Å². The van der Waals surface area contributed by atoms with Gasteiger partial charge in [-0.3, -0.25) is 4.79 Å². The van der Waals surface area contributed by atoms with Crippen molar-refractivity contribution in [1.29, 1.82) is 0 Å². The highest BCUT2D eigenvalue weighted by atomic mass is 79.9. The summed E-state index contributed by atoms with van der Waals surface area (Å²) in [4.78, 5) is 14.0. The molecule has 26 heavy (non-hydrogen) atoms. The lowest BCUT2D eigenvalue weighted by Gasteiger charge is -2.05. The highest BCUT2D eigenvalue weighted by Crippen LogP contribution is 2.19. The third kappa shape index (κ3) is 3.36. The molecule has 0 fully saturated rings. The van der Waals surface area contributed by atoms with Crippen LogP contribution in [0.5, 0.6) is 0 Å². The molecule has 4 aromatic rings. The minimum absolute atomic E-state index is 0.164. The number of nitrogens with zero attached hydrogens (tertiary/aromatic N) is 3. The third-order valence-electron chi connectivity index (χ3n) is 4.01. The Kier molecular flexibility index (Phi) is 4.26. The fraction of sp³-hybridized carbons (Fsp3) is 0.0500. The number of hydrogen-bond acceptors (Lipinski definition) is 3. The average molecular weight is 407 g/mol. The second-order valence-electron chi connectivity index (χ2n) is 5.99. The fourth-order valence-corrected chi connectivity index (χ4v) is 2.85. The van der Waals surface area contributed by atoms with Gasteiger partial charge in [0.05, 0.1) is 5.69 Å². The first-order chi connectivity index (χ1) is 12.6. The molecule has 0 unspecified atom stereocenters. The van der Waals surface area contributed by atoms with E-state index in [0.717, 1.165) is 21.2 Å². The Hall–Kier alpha value is -2.99. The number of aromatic nitrogens is 3. The molecule has 128 valence electrons. The van der Waals surface area contributed by atoms with Crippen LogP contribution in [0, 0.1) is 6.92 Å². The maximum atomic E-state index is 12.4. The summed E-state index contributed by atoms with van der Waals surface area (Å²) < 4.78 is 0.934. The Bertz CT molecular complexity index is 1090. The molecule has 1 aromatic heterocycles. The van der Waals surface area contributed by atoms with Crippen molar-refractivity contribution in [1.82, 2.24) is 15.0 Å². The van der Waals surface area contributed by atoms with E-state index in [1.54, 1.807) is 16.9 Å². The second kappa shape index (κ2) is 6.72. The Balaban J connectivity index is 1.60. The number of anilines is 1. The number of halogens is 1. The largest absolute Gasteiger partial charge is 0.322 e. The van der Waals surface area contributed by atoms with E-state index in [2.05, 4.69) is 31.4 Å². The van der Waals surface area contributed by atoms with E-state index >= 15 is 0 Å². The van der Waals surface area contributed by atoms with Crippen LogP contribution in [0.4, 0.5) is 5.69 Å². The minimum atomic E-state index is -0.164. The van der Waals surface area contributed by atoms with Gasteiger partial charge in [-0.1, -0.05) is 33.6 Å². The Morgan fingerprint density at radius 2 is 1.62 bits per heavy atom. The summed E-state index contributed by atoms with van der Waals surface area (Å²) in [5.41, 5.74) is 4.85. The van der Waals surface area contributed by atoms with E-state index in [-0.39, 0.29) is 5.91 Å². The zero-order valence-corrected chi connectivity index (χ0v) is 15.6. The maximum Gasteiger partial charge on any atom is 0.255 e. The lowest BCUT2D eigenvalue weighted by Crippen LogP contribution is -2.11. The molecule has 0 aliphatic rings. The van der Waals surface area contributed by atoms with Gasteiger partial charge in [-0.05, 0) is 61.5 Å². The highest BCUT2D eigenvalue weighted by Gasteiger charge is 2.09. The van der Waals surface area contributed by atoms with E-state index < -0.39 is 0 Å². The first-order valence-corrected chi connectivity index (χ1v) is 8.89. The predicted octanol–water partition coefficient (Wildman–Crippen LogP) is 4.74. The summed E-state index contributed by atoms with van der Waals surface area (Å²) in [7, 11) is 0. The van der Waals surface area contributed by atoms with Gasteiger partial charge in [-0.2, -0.15) is 4.80 Å². The van der Waals surface area contributed by atoms with Crippen LogP contribution in [0.15, 0.2) is 71.2 Å². The van der Waals surface area contributed by atoms with Gasteiger partial charge in [-0.15, -0.1) is 10.2 Å². The number of fused-ring (bicyclic) bond motifs is 1. The normalized spacial score (nSPS) is 10.8. The SMILES string of the molecule is Cc1ccc(-n2nc3ccc(NC(=O)c4ccc(Br)cc4)cc3n2)cc1. The van der Waals surface area contributed by atoms with E-state index in [0.29, 0.717) is 11.3 Å². The molecule has 0 radical (unpaired) electrons. The molecule has 0 saturated heterocycles. The van der Waals surface area contributed by atoms with Gasteiger partial charge >= 0.3 is 0 Å². The van der Waals surface area contributed by atoms with Crippen molar-refractivity contribution in [2.75, 3.05) is 5.32 Å². The number of benzene rings is 3. The molecule has 0 bridgehead atoms. The highest BCUT2D eigenvalue weighted by molar-refractivity contribution is 9.10. The molecule has 5 nitrogen and oxygen atoms in total. The van der Waals surface area contributed by atoms with Crippen molar-refractivity contribution in [3.8, 4) is 5.69 Å².